The fourth-order valence-electron chi connectivity index (χ4n) is 1.23. The van der Waals surface area contributed by atoms with Crippen LogP contribution in [-0.4, -0.2) is 42.4 Å². The van der Waals surface area contributed by atoms with Crippen LogP contribution in [0.5, 0.6) is 0 Å². The highest BCUT2D eigenvalue weighted by atomic mass is 16.6. The Hall–Kier alpha value is -1.30. The zero-order valence-corrected chi connectivity index (χ0v) is 10.9. The lowest BCUT2D eigenvalue weighted by Crippen LogP contribution is -2.41. The Balaban J connectivity index is 4.21. The summed E-state index contributed by atoms with van der Waals surface area (Å²) in [6, 6.07) is -0.421. The van der Waals surface area contributed by atoms with E-state index in [9.17, 15) is 9.59 Å². The molecule has 100 valence electrons. The first-order valence-corrected chi connectivity index (χ1v) is 5.60. The van der Waals surface area contributed by atoms with Crippen LogP contribution in [-0.2, 0) is 9.53 Å². The lowest BCUT2D eigenvalue weighted by atomic mass is 10.1. The van der Waals surface area contributed by atoms with Crippen LogP contribution in [0.3, 0.4) is 0 Å². The normalized spacial score (nSPS) is 12.9. The van der Waals surface area contributed by atoms with E-state index in [-0.39, 0.29) is 6.42 Å². The fourth-order valence-corrected chi connectivity index (χ4v) is 1.23. The van der Waals surface area contributed by atoms with Crippen LogP contribution < -0.4 is 10.6 Å². The van der Waals surface area contributed by atoms with Gasteiger partial charge in [0.25, 0.3) is 0 Å². The number of ether oxygens (including phenoxy) is 1. The van der Waals surface area contributed by atoms with E-state index in [1.54, 1.807) is 27.8 Å². The minimum absolute atomic E-state index is 0.110. The van der Waals surface area contributed by atoms with Crippen molar-refractivity contribution in [1.29, 1.82) is 0 Å². The molecule has 3 N–H and O–H groups in total. The maximum Gasteiger partial charge on any atom is 0.407 e. The standard InChI is InChI=1S/C11H22N2O4/c1-11(2,3)17-10(16)13-8(5-6-12-4)7-9(14)15/h8,12H,5-7H2,1-4H3,(H,13,16)(H,14,15)/t8-/m0/s1. The van der Waals surface area contributed by atoms with Crippen LogP contribution in [0.2, 0.25) is 0 Å². The van der Waals surface area contributed by atoms with Crippen molar-refractivity contribution >= 4 is 12.1 Å². The van der Waals surface area contributed by atoms with Crippen molar-refractivity contribution < 1.29 is 19.4 Å². The van der Waals surface area contributed by atoms with Gasteiger partial charge in [-0.05, 0) is 40.8 Å². The molecule has 1 atom stereocenters. The zero-order valence-electron chi connectivity index (χ0n) is 10.9. The Labute approximate surface area is 102 Å². The summed E-state index contributed by atoms with van der Waals surface area (Å²) >= 11 is 0. The second-order valence-electron chi connectivity index (χ2n) is 4.83. The largest absolute Gasteiger partial charge is 0.481 e. The Morgan fingerprint density at radius 1 is 1.35 bits per heavy atom. The second kappa shape index (κ2) is 7.11. The topological polar surface area (TPSA) is 87.7 Å². The number of rotatable bonds is 6. The monoisotopic (exact) mass is 246 g/mol. The van der Waals surface area contributed by atoms with E-state index in [1.807, 2.05) is 0 Å². The molecule has 0 radical (unpaired) electrons. The van der Waals surface area contributed by atoms with Crippen molar-refractivity contribution in [2.75, 3.05) is 13.6 Å². The first-order valence-electron chi connectivity index (χ1n) is 5.60. The van der Waals surface area contributed by atoms with Crippen molar-refractivity contribution in [3.63, 3.8) is 0 Å². The number of carboxylic acids is 1. The molecule has 0 saturated heterocycles. The Bertz CT molecular complexity index is 261. The molecule has 0 rings (SSSR count). The van der Waals surface area contributed by atoms with Crippen molar-refractivity contribution in [2.45, 2.75) is 45.3 Å². The number of nitrogens with one attached hydrogen (secondary N) is 2. The molecule has 0 spiro atoms. The molecule has 0 aromatic carbocycles. The van der Waals surface area contributed by atoms with E-state index in [2.05, 4.69) is 10.6 Å². The van der Waals surface area contributed by atoms with Gasteiger partial charge >= 0.3 is 12.1 Å². The maximum absolute atomic E-state index is 11.5. The molecule has 0 bridgehead atoms. The Morgan fingerprint density at radius 2 is 1.94 bits per heavy atom. The summed E-state index contributed by atoms with van der Waals surface area (Å²) in [5, 5.41) is 14.2. The number of carbonyl (C=O) groups excluding carboxylic acids is 1. The molecular formula is C11H22N2O4. The molecule has 6 heteroatoms. The van der Waals surface area contributed by atoms with Crippen LogP contribution >= 0.6 is 0 Å². The number of hydrogen-bond donors (Lipinski definition) is 3. The van der Waals surface area contributed by atoms with Crippen molar-refractivity contribution in [2.24, 2.45) is 0 Å². The van der Waals surface area contributed by atoms with Gasteiger partial charge in [0.05, 0.1) is 6.42 Å². The molecule has 0 fully saturated rings. The van der Waals surface area contributed by atoms with Crippen LogP contribution in [0, 0.1) is 0 Å². The first kappa shape index (κ1) is 15.7. The average molecular weight is 246 g/mol. The van der Waals surface area contributed by atoms with Crippen molar-refractivity contribution in [3.05, 3.63) is 0 Å². The summed E-state index contributed by atoms with van der Waals surface area (Å²) in [4.78, 5) is 22.1. The van der Waals surface area contributed by atoms with Gasteiger partial charge in [0.1, 0.15) is 5.60 Å². The number of carboxylic acid groups (broad SMARTS) is 1. The van der Waals surface area contributed by atoms with Gasteiger partial charge in [-0.1, -0.05) is 0 Å². The van der Waals surface area contributed by atoms with Gasteiger partial charge < -0.3 is 20.5 Å². The van der Waals surface area contributed by atoms with Gasteiger partial charge in [-0.15, -0.1) is 0 Å². The molecule has 0 aliphatic carbocycles. The van der Waals surface area contributed by atoms with Gasteiger partial charge in [0, 0.05) is 6.04 Å². The van der Waals surface area contributed by atoms with Gasteiger partial charge in [0.2, 0.25) is 0 Å². The van der Waals surface area contributed by atoms with Crippen molar-refractivity contribution in [3.8, 4) is 0 Å². The lowest BCUT2D eigenvalue weighted by Gasteiger charge is -2.23. The molecule has 1 amide bonds. The minimum Gasteiger partial charge on any atom is -0.481 e. The van der Waals surface area contributed by atoms with E-state index >= 15 is 0 Å². The van der Waals surface area contributed by atoms with E-state index < -0.39 is 23.7 Å². The lowest BCUT2D eigenvalue weighted by molar-refractivity contribution is -0.137. The molecular weight excluding hydrogens is 224 g/mol. The van der Waals surface area contributed by atoms with E-state index in [0.29, 0.717) is 13.0 Å². The van der Waals surface area contributed by atoms with Gasteiger partial charge in [-0.2, -0.15) is 0 Å². The summed E-state index contributed by atoms with van der Waals surface area (Å²) in [5.74, 6) is -0.942. The van der Waals surface area contributed by atoms with E-state index in [4.69, 9.17) is 9.84 Å². The molecule has 0 aromatic rings. The molecule has 0 saturated carbocycles. The second-order valence-corrected chi connectivity index (χ2v) is 4.83. The number of alkyl carbamates (subject to hydrolysis) is 1. The van der Waals surface area contributed by atoms with Gasteiger partial charge in [-0.3, -0.25) is 4.79 Å². The highest BCUT2D eigenvalue weighted by Gasteiger charge is 2.20. The zero-order chi connectivity index (χ0) is 13.5. The van der Waals surface area contributed by atoms with Gasteiger partial charge in [-0.25, -0.2) is 4.79 Å². The van der Waals surface area contributed by atoms with Crippen molar-refractivity contribution in [1.82, 2.24) is 10.6 Å². The third-order valence-corrected chi connectivity index (χ3v) is 1.88. The average Bonchev–Trinajstić information content (AvgIpc) is 2.09. The summed E-state index contributed by atoms with van der Waals surface area (Å²) in [5.41, 5.74) is -0.582. The summed E-state index contributed by atoms with van der Waals surface area (Å²) < 4.78 is 5.07. The summed E-state index contributed by atoms with van der Waals surface area (Å²) in [7, 11) is 1.77. The molecule has 0 aromatic heterocycles. The van der Waals surface area contributed by atoms with Crippen LogP contribution in [0.4, 0.5) is 4.79 Å². The van der Waals surface area contributed by atoms with Crippen LogP contribution in [0.15, 0.2) is 0 Å². The quantitative estimate of drug-likeness (QED) is 0.650. The highest BCUT2D eigenvalue weighted by Crippen LogP contribution is 2.07. The van der Waals surface area contributed by atoms with E-state index in [1.165, 1.54) is 0 Å². The molecule has 0 unspecified atom stereocenters. The Kier molecular flexibility index (Phi) is 6.57. The summed E-state index contributed by atoms with van der Waals surface area (Å²) in [6.07, 6.45) is -0.150. The first-order chi connectivity index (χ1) is 7.74. The summed E-state index contributed by atoms with van der Waals surface area (Å²) in [6.45, 7) is 5.90. The molecule has 0 aliphatic rings. The van der Waals surface area contributed by atoms with Gasteiger partial charge in [0.15, 0.2) is 0 Å². The Morgan fingerprint density at radius 3 is 2.35 bits per heavy atom. The molecule has 0 aliphatic heterocycles. The van der Waals surface area contributed by atoms with E-state index in [0.717, 1.165) is 0 Å². The number of hydrogen-bond acceptors (Lipinski definition) is 4. The maximum atomic E-state index is 11.5. The number of aliphatic carboxylic acids is 1. The number of amides is 1. The third-order valence-electron chi connectivity index (χ3n) is 1.88. The number of carbonyl (C=O) groups is 2. The fraction of sp³-hybridized carbons (Fsp3) is 0.818. The highest BCUT2D eigenvalue weighted by molar-refractivity contribution is 5.71. The molecule has 17 heavy (non-hydrogen) atoms. The minimum atomic E-state index is -0.942. The molecule has 0 heterocycles. The van der Waals surface area contributed by atoms with Crippen LogP contribution in [0.1, 0.15) is 33.6 Å². The predicted octanol–water partition coefficient (Wildman–Crippen LogP) is 0.964. The SMILES string of the molecule is CNCC[C@@H](CC(=O)O)NC(=O)OC(C)(C)C. The molecule has 6 nitrogen and oxygen atoms in total. The predicted molar refractivity (Wildman–Crippen MR) is 64.0 cm³/mol. The van der Waals surface area contributed by atoms with Crippen LogP contribution in [0.25, 0.3) is 0 Å². The smallest absolute Gasteiger partial charge is 0.407 e. The third kappa shape index (κ3) is 9.62.